The van der Waals surface area contributed by atoms with Gasteiger partial charge in [-0.2, -0.15) is 4.39 Å². The lowest BCUT2D eigenvalue weighted by Gasteiger charge is -2.21. The molecule has 0 saturated heterocycles. The molecule has 1 amide bonds. The van der Waals surface area contributed by atoms with Crippen LogP contribution >= 0.6 is 11.6 Å². The summed E-state index contributed by atoms with van der Waals surface area (Å²) in [5.74, 6) is -2.64. The van der Waals surface area contributed by atoms with Crippen molar-refractivity contribution in [1.82, 2.24) is 4.98 Å². The van der Waals surface area contributed by atoms with E-state index in [1.54, 1.807) is 0 Å². The van der Waals surface area contributed by atoms with Gasteiger partial charge in [-0.05, 0) is 30.3 Å². The van der Waals surface area contributed by atoms with E-state index < -0.39 is 24.4 Å². The second kappa shape index (κ2) is 6.32. The van der Waals surface area contributed by atoms with Crippen LogP contribution in [0.2, 0.25) is 5.02 Å². The first-order chi connectivity index (χ1) is 9.97. The van der Waals surface area contributed by atoms with Crippen LogP contribution in [0.1, 0.15) is 10.4 Å². The van der Waals surface area contributed by atoms with Crippen molar-refractivity contribution in [3.8, 4) is 0 Å². The standard InChI is InChI=1S/C14H10ClFN2O3/c15-10-1-3-11(4-2-10)18(8-13(19)20)14(21)9-5-6-17-12(16)7-9/h1-7H,8H2,(H,19,20). The van der Waals surface area contributed by atoms with Crippen molar-refractivity contribution in [2.75, 3.05) is 11.4 Å². The molecule has 0 unspecified atom stereocenters. The first-order valence-electron chi connectivity index (χ1n) is 5.88. The SMILES string of the molecule is O=C(O)CN(C(=O)c1ccnc(F)c1)c1ccc(Cl)cc1. The number of hydrogen-bond acceptors (Lipinski definition) is 3. The smallest absolute Gasteiger partial charge is 0.323 e. The molecule has 0 fully saturated rings. The summed E-state index contributed by atoms with van der Waals surface area (Å²) in [7, 11) is 0. The van der Waals surface area contributed by atoms with Crippen molar-refractivity contribution in [3.05, 3.63) is 59.1 Å². The van der Waals surface area contributed by atoms with Crippen LogP contribution in [0.15, 0.2) is 42.6 Å². The number of hydrogen-bond donors (Lipinski definition) is 1. The Balaban J connectivity index is 2.38. The minimum atomic E-state index is -1.19. The summed E-state index contributed by atoms with van der Waals surface area (Å²) in [6.07, 6.45) is 1.14. The molecule has 0 aliphatic heterocycles. The van der Waals surface area contributed by atoms with Crippen LogP contribution in [0, 0.1) is 5.95 Å². The molecule has 5 nitrogen and oxygen atoms in total. The zero-order chi connectivity index (χ0) is 15.4. The highest BCUT2D eigenvalue weighted by molar-refractivity contribution is 6.30. The van der Waals surface area contributed by atoms with E-state index in [4.69, 9.17) is 16.7 Å². The predicted octanol–water partition coefficient (Wildman–Crippen LogP) is 2.61. The van der Waals surface area contributed by atoms with Crippen molar-refractivity contribution in [1.29, 1.82) is 0 Å². The molecule has 1 aromatic carbocycles. The van der Waals surface area contributed by atoms with E-state index in [9.17, 15) is 14.0 Å². The third-order valence-corrected chi connectivity index (χ3v) is 2.90. The zero-order valence-corrected chi connectivity index (χ0v) is 11.4. The number of benzene rings is 1. The van der Waals surface area contributed by atoms with Gasteiger partial charge in [-0.15, -0.1) is 0 Å². The maximum atomic E-state index is 13.1. The van der Waals surface area contributed by atoms with Gasteiger partial charge in [-0.3, -0.25) is 14.5 Å². The summed E-state index contributed by atoms with van der Waals surface area (Å²) in [4.78, 5) is 27.7. The molecule has 7 heteroatoms. The number of carboxylic acids is 1. The molecule has 0 atom stereocenters. The number of aromatic nitrogens is 1. The Morgan fingerprint density at radius 3 is 2.48 bits per heavy atom. The second-order valence-corrected chi connectivity index (χ2v) is 4.57. The topological polar surface area (TPSA) is 70.5 Å². The largest absolute Gasteiger partial charge is 0.480 e. The van der Waals surface area contributed by atoms with E-state index in [1.807, 2.05) is 0 Å². The number of rotatable bonds is 4. The van der Waals surface area contributed by atoms with E-state index in [0.29, 0.717) is 10.7 Å². The van der Waals surface area contributed by atoms with Crippen molar-refractivity contribution in [3.63, 3.8) is 0 Å². The number of carbonyl (C=O) groups excluding carboxylic acids is 1. The lowest BCUT2D eigenvalue weighted by atomic mass is 10.2. The van der Waals surface area contributed by atoms with Crippen molar-refractivity contribution < 1.29 is 19.1 Å². The van der Waals surface area contributed by atoms with Crippen molar-refractivity contribution in [2.45, 2.75) is 0 Å². The fourth-order valence-corrected chi connectivity index (χ4v) is 1.85. The zero-order valence-electron chi connectivity index (χ0n) is 10.7. The van der Waals surface area contributed by atoms with E-state index in [1.165, 1.54) is 30.3 Å². The van der Waals surface area contributed by atoms with Gasteiger partial charge >= 0.3 is 5.97 Å². The lowest BCUT2D eigenvalue weighted by Crippen LogP contribution is -2.35. The number of amides is 1. The molecule has 2 aromatic rings. The minimum Gasteiger partial charge on any atom is -0.480 e. The van der Waals surface area contributed by atoms with Gasteiger partial charge in [-0.25, -0.2) is 4.98 Å². The van der Waals surface area contributed by atoms with Crippen LogP contribution in [-0.2, 0) is 4.79 Å². The Labute approximate surface area is 124 Å². The number of halogens is 2. The molecule has 1 heterocycles. The highest BCUT2D eigenvalue weighted by Crippen LogP contribution is 2.20. The Morgan fingerprint density at radius 1 is 1.24 bits per heavy atom. The second-order valence-electron chi connectivity index (χ2n) is 4.13. The van der Waals surface area contributed by atoms with Gasteiger partial charge in [0.15, 0.2) is 0 Å². The minimum absolute atomic E-state index is 0.0127. The Bertz CT molecular complexity index is 676. The number of pyridine rings is 1. The molecule has 1 aromatic heterocycles. The molecular formula is C14H10ClFN2O3. The maximum Gasteiger partial charge on any atom is 0.323 e. The number of aliphatic carboxylic acids is 1. The fraction of sp³-hybridized carbons (Fsp3) is 0.0714. The summed E-state index contributed by atoms with van der Waals surface area (Å²) in [6, 6.07) is 8.36. The summed E-state index contributed by atoms with van der Waals surface area (Å²) in [5.41, 5.74) is 0.364. The Hall–Kier alpha value is -2.47. The normalized spacial score (nSPS) is 10.2. The van der Waals surface area contributed by atoms with E-state index in [2.05, 4.69) is 4.98 Å². The first kappa shape index (κ1) is 14.9. The molecule has 2 rings (SSSR count). The lowest BCUT2D eigenvalue weighted by molar-refractivity contribution is -0.135. The van der Waals surface area contributed by atoms with Crippen LogP contribution in [0.25, 0.3) is 0 Å². The predicted molar refractivity (Wildman–Crippen MR) is 75.0 cm³/mol. The summed E-state index contributed by atoms with van der Waals surface area (Å²) in [5, 5.41) is 9.40. The quantitative estimate of drug-likeness (QED) is 0.881. The average molecular weight is 309 g/mol. The molecule has 0 bridgehead atoms. The molecule has 0 radical (unpaired) electrons. The van der Waals surface area contributed by atoms with Crippen LogP contribution < -0.4 is 4.90 Å². The van der Waals surface area contributed by atoms with Gasteiger partial charge in [0, 0.05) is 28.5 Å². The van der Waals surface area contributed by atoms with Gasteiger partial charge in [0.1, 0.15) is 6.54 Å². The molecule has 0 saturated carbocycles. The number of carboxylic acid groups (broad SMARTS) is 1. The average Bonchev–Trinajstić information content (AvgIpc) is 2.45. The fourth-order valence-electron chi connectivity index (χ4n) is 1.73. The van der Waals surface area contributed by atoms with Crippen LogP contribution in [0.5, 0.6) is 0 Å². The van der Waals surface area contributed by atoms with Crippen LogP contribution in [0.3, 0.4) is 0 Å². The van der Waals surface area contributed by atoms with Gasteiger partial charge in [0.25, 0.3) is 5.91 Å². The van der Waals surface area contributed by atoms with E-state index >= 15 is 0 Å². The van der Waals surface area contributed by atoms with Crippen molar-refractivity contribution >= 4 is 29.2 Å². The van der Waals surface area contributed by atoms with Crippen LogP contribution in [0.4, 0.5) is 10.1 Å². The third kappa shape index (κ3) is 3.76. The van der Waals surface area contributed by atoms with E-state index in [-0.39, 0.29) is 5.56 Å². The van der Waals surface area contributed by atoms with Crippen molar-refractivity contribution in [2.24, 2.45) is 0 Å². The highest BCUT2D eigenvalue weighted by Gasteiger charge is 2.21. The highest BCUT2D eigenvalue weighted by atomic mass is 35.5. The molecule has 0 aliphatic carbocycles. The van der Waals surface area contributed by atoms with Gasteiger partial charge < -0.3 is 5.11 Å². The number of nitrogens with zero attached hydrogens (tertiary/aromatic N) is 2. The Morgan fingerprint density at radius 2 is 1.90 bits per heavy atom. The molecule has 0 aliphatic rings. The van der Waals surface area contributed by atoms with Gasteiger partial charge in [0.2, 0.25) is 5.95 Å². The van der Waals surface area contributed by atoms with E-state index in [0.717, 1.165) is 17.2 Å². The molecular weight excluding hydrogens is 299 g/mol. The van der Waals surface area contributed by atoms with Crippen LogP contribution in [-0.4, -0.2) is 28.5 Å². The monoisotopic (exact) mass is 308 g/mol. The molecule has 1 N–H and O–H groups in total. The summed E-state index contributed by atoms with van der Waals surface area (Å²) >= 11 is 5.76. The molecule has 0 spiro atoms. The molecule has 21 heavy (non-hydrogen) atoms. The van der Waals surface area contributed by atoms with Gasteiger partial charge in [-0.1, -0.05) is 11.6 Å². The van der Waals surface area contributed by atoms with Gasteiger partial charge in [0.05, 0.1) is 0 Å². The first-order valence-corrected chi connectivity index (χ1v) is 6.26. The maximum absolute atomic E-state index is 13.1. The third-order valence-electron chi connectivity index (χ3n) is 2.65. The molecule has 108 valence electrons. The summed E-state index contributed by atoms with van der Waals surface area (Å²) in [6.45, 7) is -0.551. The number of carbonyl (C=O) groups is 2. The summed E-state index contributed by atoms with van der Waals surface area (Å²) < 4.78 is 13.1. The Kier molecular flexibility index (Phi) is 4.49. The number of anilines is 1.